The first-order chi connectivity index (χ1) is 9.98. The van der Waals surface area contributed by atoms with Gasteiger partial charge in [0.25, 0.3) is 0 Å². The number of methoxy groups -OCH3 is 2. The molecule has 2 aliphatic rings. The average Bonchev–Trinajstić information content (AvgIpc) is 2.52. The lowest BCUT2D eigenvalue weighted by atomic mass is 9.92. The summed E-state index contributed by atoms with van der Waals surface area (Å²) in [6, 6.07) is 0. The van der Waals surface area contributed by atoms with Gasteiger partial charge in [0.05, 0.1) is 20.1 Å². The van der Waals surface area contributed by atoms with Crippen molar-refractivity contribution in [1.29, 1.82) is 0 Å². The van der Waals surface area contributed by atoms with E-state index in [0.717, 1.165) is 0 Å². The average molecular weight is 314 g/mol. The van der Waals surface area contributed by atoms with Gasteiger partial charge in [0, 0.05) is 6.20 Å². The summed E-state index contributed by atoms with van der Waals surface area (Å²) in [6.07, 6.45) is 6.35. The zero-order valence-corrected chi connectivity index (χ0v) is 12.7. The predicted molar refractivity (Wildman–Crippen MR) is 75.2 cm³/mol. The standard InChI is InChI=1S/C14H16ClNO5/c1-14(8-15)10(12(17)19-2)11(13(18)20-3)16-7-5-4-6-9(16)21-14/h4-7,9H,8H2,1-3H3. The lowest BCUT2D eigenvalue weighted by Crippen LogP contribution is -2.53. The first-order valence-electron chi connectivity index (χ1n) is 6.27. The van der Waals surface area contributed by atoms with Gasteiger partial charge in [-0.1, -0.05) is 6.08 Å². The lowest BCUT2D eigenvalue weighted by molar-refractivity contribution is -0.153. The number of allylic oxidation sites excluding steroid dienone is 2. The minimum atomic E-state index is -1.16. The fourth-order valence-corrected chi connectivity index (χ4v) is 2.50. The number of esters is 2. The Labute approximate surface area is 127 Å². The van der Waals surface area contributed by atoms with E-state index in [1.54, 1.807) is 31.4 Å². The van der Waals surface area contributed by atoms with Crippen LogP contribution in [0.5, 0.6) is 0 Å². The molecule has 21 heavy (non-hydrogen) atoms. The topological polar surface area (TPSA) is 65.1 Å². The predicted octanol–water partition coefficient (Wildman–Crippen LogP) is 1.33. The van der Waals surface area contributed by atoms with E-state index in [9.17, 15) is 9.59 Å². The van der Waals surface area contributed by atoms with Crippen LogP contribution in [0.4, 0.5) is 0 Å². The number of fused-ring (bicyclic) bond motifs is 1. The van der Waals surface area contributed by atoms with Crippen LogP contribution >= 0.6 is 11.6 Å². The zero-order chi connectivity index (χ0) is 15.6. The summed E-state index contributed by atoms with van der Waals surface area (Å²) in [5, 5.41) is 0. The number of carbonyl (C=O) groups excluding carboxylic acids is 2. The van der Waals surface area contributed by atoms with Gasteiger partial charge in [-0.2, -0.15) is 0 Å². The molecule has 0 bridgehead atoms. The highest BCUT2D eigenvalue weighted by Crippen LogP contribution is 2.38. The fraction of sp³-hybridized carbons (Fsp3) is 0.429. The molecule has 0 aliphatic carbocycles. The molecule has 2 aliphatic heterocycles. The highest BCUT2D eigenvalue weighted by atomic mass is 35.5. The van der Waals surface area contributed by atoms with Gasteiger partial charge in [0.2, 0.25) is 0 Å². The molecule has 0 aromatic rings. The molecule has 0 radical (unpaired) electrons. The third-order valence-corrected chi connectivity index (χ3v) is 3.85. The van der Waals surface area contributed by atoms with Gasteiger partial charge in [-0.25, -0.2) is 9.59 Å². The lowest BCUT2D eigenvalue weighted by Gasteiger charge is -2.44. The molecular formula is C14H16ClNO5. The molecular weight excluding hydrogens is 298 g/mol. The normalized spacial score (nSPS) is 27.4. The summed E-state index contributed by atoms with van der Waals surface area (Å²) in [5.74, 6) is -1.35. The number of hydrogen-bond donors (Lipinski definition) is 0. The van der Waals surface area contributed by atoms with E-state index in [0.29, 0.717) is 0 Å². The van der Waals surface area contributed by atoms with Crippen molar-refractivity contribution in [2.45, 2.75) is 18.8 Å². The summed E-state index contributed by atoms with van der Waals surface area (Å²) in [7, 11) is 2.48. The van der Waals surface area contributed by atoms with Crippen LogP contribution in [0.15, 0.2) is 35.7 Å². The van der Waals surface area contributed by atoms with Crippen LogP contribution in [0.1, 0.15) is 6.92 Å². The first-order valence-corrected chi connectivity index (χ1v) is 6.80. The monoisotopic (exact) mass is 313 g/mol. The van der Waals surface area contributed by atoms with Crippen molar-refractivity contribution in [2.24, 2.45) is 0 Å². The molecule has 2 rings (SSSR count). The maximum atomic E-state index is 12.2. The second-order valence-corrected chi connectivity index (χ2v) is 4.98. The highest BCUT2D eigenvalue weighted by molar-refractivity contribution is 6.19. The largest absolute Gasteiger partial charge is 0.466 e. The number of halogens is 1. The maximum Gasteiger partial charge on any atom is 0.355 e. The quantitative estimate of drug-likeness (QED) is 0.578. The van der Waals surface area contributed by atoms with Crippen LogP contribution in [0.25, 0.3) is 0 Å². The Kier molecular flexibility index (Phi) is 4.39. The van der Waals surface area contributed by atoms with Crippen LogP contribution in [-0.2, 0) is 23.8 Å². The summed E-state index contributed by atoms with van der Waals surface area (Å²) in [5.41, 5.74) is -1.04. The van der Waals surface area contributed by atoms with Gasteiger partial charge in [0.1, 0.15) is 16.9 Å². The number of rotatable bonds is 3. The van der Waals surface area contributed by atoms with E-state index >= 15 is 0 Å². The Bertz CT molecular complexity index is 554. The highest BCUT2D eigenvalue weighted by Gasteiger charge is 2.48. The van der Waals surface area contributed by atoms with Crippen molar-refractivity contribution >= 4 is 23.5 Å². The molecule has 0 fully saturated rings. The molecule has 0 amide bonds. The Morgan fingerprint density at radius 3 is 2.57 bits per heavy atom. The van der Waals surface area contributed by atoms with Gasteiger partial charge < -0.3 is 19.1 Å². The smallest absolute Gasteiger partial charge is 0.355 e. The van der Waals surface area contributed by atoms with E-state index in [1.807, 2.05) is 0 Å². The number of alkyl halides is 1. The van der Waals surface area contributed by atoms with E-state index in [1.165, 1.54) is 19.1 Å². The van der Waals surface area contributed by atoms with Crippen LogP contribution in [0, 0.1) is 0 Å². The van der Waals surface area contributed by atoms with Gasteiger partial charge >= 0.3 is 11.9 Å². The molecule has 0 aromatic carbocycles. The van der Waals surface area contributed by atoms with Gasteiger partial charge in [0.15, 0.2) is 6.23 Å². The van der Waals surface area contributed by atoms with Crippen molar-refractivity contribution in [3.63, 3.8) is 0 Å². The fourth-order valence-electron chi connectivity index (χ4n) is 2.30. The minimum Gasteiger partial charge on any atom is -0.466 e. The Morgan fingerprint density at radius 2 is 2.00 bits per heavy atom. The van der Waals surface area contributed by atoms with Crippen molar-refractivity contribution in [2.75, 3.05) is 20.1 Å². The Morgan fingerprint density at radius 1 is 1.33 bits per heavy atom. The van der Waals surface area contributed by atoms with Crippen LogP contribution in [-0.4, -0.2) is 48.8 Å². The Hall–Kier alpha value is -1.79. The number of ether oxygens (including phenoxy) is 3. The molecule has 2 unspecified atom stereocenters. The number of hydrogen-bond acceptors (Lipinski definition) is 6. The van der Waals surface area contributed by atoms with E-state index in [2.05, 4.69) is 0 Å². The van der Waals surface area contributed by atoms with E-state index in [4.69, 9.17) is 25.8 Å². The Balaban J connectivity index is 2.67. The molecule has 0 aromatic heterocycles. The van der Waals surface area contributed by atoms with Gasteiger partial charge in [-0.05, 0) is 19.1 Å². The van der Waals surface area contributed by atoms with Gasteiger partial charge in [-0.3, -0.25) is 0 Å². The zero-order valence-electron chi connectivity index (χ0n) is 12.0. The minimum absolute atomic E-state index is 0.0141. The molecule has 2 heterocycles. The first kappa shape index (κ1) is 15.6. The van der Waals surface area contributed by atoms with E-state index in [-0.39, 0.29) is 17.2 Å². The second-order valence-electron chi connectivity index (χ2n) is 4.71. The molecule has 6 nitrogen and oxygen atoms in total. The van der Waals surface area contributed by atoms with Crippen molar-refractivity contribution in [1.82, 2.24) is 4.90 Å². The van der Waals surface area contributed by atoms with Crippen LogP contribution in [0.2, 0.25) is 0 Å². The van der Waals surface area contributed by atoms with Crippen molar-refractivity contribution in [3.8, 4) is 0 Å². The molecule has 2 atom stereocenters. The molecule has 114 valence electrons. The van der Waals surface area contributed by atoms with Crippen LogP contribution in [0.3, 0.4) is 0 Å². The molecule has 0 saturated heterocycles. The summed E-state index contributed by atoms with van der Waals surface area (Å²) >= 11 is 5.98. The summed E-state index contributed by atoms with van der Waals surface area (Å²) < 4.78 is 15.5. The third-order valence-electron chi connectivity index (χ3n) is 3.34. The van der Waals surface area contributed by atoms with E-state index < -0.39 is 23.8 Å². The summed E-state index contributed by atoms with van der Waals surface area (Å²) in [6.45, 7) is 1.64. The number of nitrogens with zero attached hydrogens (tertiary/aromatic N) is 1. The summed E-state index contributed by atoms with van der Waals surface area (Å²) in [4.78, 5) is 25.8. The number of carbonyl (C=O) groups is 2. The van der Waals surface area contributed by atoms with Crippen molar-refractivity contribution in [3.05, 3.63) is 35.7 Å². The van der Waals surface area contributed by atoms with Gasteiger partial charge in [-0.15, -0.1) is 11.6 Å². The maximum absolute atomic E-state index is 12.2. The van der Waals surface area contributed by atoms with Crippen molar-refractivity contribution < 1.29 is 23.8 Å². The third kappa shape index (κ3) is 2.56. The molecule has 7 heteroatoms. The SMILES string of the molecule is COC(=O)C1=C(C(=O)OC)C(C)(CCl)OC2C=CC=CN12. The molecule has 0 spiro atoms. The second kappa shape index (κ2) is 5.91. The molecule has 0 N–H and O–H groups in total. The van der Waals surface area contributed by atoms with Crippen LogP contribution < -0.4 is 0 Å². The molecule has 0 saturated carbocycles.